The van der Waals surface area contributed by atoms with Gasteiger partial charge in [0.25, 0.3) is 0 Å². The Morgan fingerprint density at radius 3 is 2.45 bits per heavy atom. The zero-order valence-corrected chi connectivity index (χ0v) is 13.8. The Hall–Kier alpha value is -0.650. The van der Waals surface area contributed by atoms with E-state index < -0.39 is 0 Å². The number of rotatable bonds is 5. The average Bonchev–Trinajstić information content (AvgIpc) is 3.08. The van der Waals surface area contributed by atoms with E-state index in [1.807, 2.05) is 0 Å². The van der Waals surface area contributed by atoms with Gasteiger partial charge in [0.2, 0.25) is 5.91 Å². The van der Waals surface area contributed by atoms with E-state index in [0.717, 1.165) is 51.7 Å². The molecule has 22 heavy (non-hydrogen) atoms. The second kappa shape index (κ2) is 8.27. The lowest BCUT2D eigenvalue weighted by atomic mass is 9.94. The van der Waals surface area contributed by atoms with Crippen molar-refractivity contribution in [3.05, 3.63) is 0 Å². The molecule has 1 saturated carbocycles. The number of nitrogens with one attached hydrogen (secondary N) is 1. The molecular formula is C17H31N3O2. The number of amides is 1. The second-order valence-corrected chi connectivity index (χ2v) is 7.04. The van der Waals surface area contributed by atoms with Gasteiger partial charge in [-0.05, 0) is 25.7 Å². The molecule has 1 amide bonds. The smallest absolute Gasteiger partial charge is 0.234 e. The normalized spacial score (nSPS) is 28.8. The topological polar surface area (TPSA) is 44.8 Å². The molecule has 2 saturated heterocycles. The minimum absolute atomic E-state index is 0.154. The monoisotopic (exact) mass is 309 g/mol. The molecule has 2 aliphatic heterocycles. The molecular weight excluding hydrogens is 278 g/mol. The summed E-state index contributed by atoms with van der Waals surface area (Å²) in [6.07, 6.45) is 9.43. The van der Waals surface area contributed by atoms with Crippen LogP contribution in [0.5, 0.6) is 0 Å². The lowest BCUT2D eigenvalue weighted by Crippen LogP contribution is -2.52. The van der Waals surface area contributed by atoms with Crippen LogP contribution in [0.2, 0.25) is 0 Å². The molecule has 0 radical (unpaired) electrons. The van der Waals surface area contributed by atoms with Gasteiger partial charge in [-0.25, -0.2) is 0 Å². The van der Waals surface area contributed by atoms with Crippen LogP contribution >= 0.6 is 0 Å². The van der Waals surface area contributed by atoms with E-state index in [9.17, 15) is 4.79 Å². The average molecular weight is 309 g/mol. The highest BCUT2D eigenvalue weighted by molar-refractivity contribution is 5.78. The molecule has 0 aromatic rings. The zero-order chi connectivity index (χ0) is 15.2. The summed E-state index contributed by atoms with van der Waals surface area (Å²) in [5.74, 6) is 0.154. The third kappa shape index (κ3) is 4.67. The number of piperazine rings is 1. The van der Waals surface area contributed by atoms with Crippen molar-refractivity contribution in [1.29, 1.82) is 0 Å². The fraction of sp³-hybridized carbons (Fsp3) is 0.941. The van der Waals surface area contributed by atoms with Gasteiger partial charge in [-0.3, -0.25) is 14.6 Å². The van der Waals surface area contributed by atoms with Gasteiger partial charge in [0.05, 0.1) is 12.6 Å². The molecule has 1 unspecified atom stereocenters. The summed E-state index contributed by atoms with van der Waals surface area (Å²) in [6, 6.07) is 0.809. The molecule has 1 aliphatic carbocycles. The minimum Gasteiger partial charge on any atom is -0.376 e. The van der Waals surface area contributed by atoms with Crippen LogP contribution in [0.3, 0.4) is 0 Å². The second-order valence-electron chi connectivity index (χ2n) is 7.04. The standard InChI is InChI=1S/C17H31N3O2/c21-17(18-13-16-7-4-12-22-16)14-19-8-10-20(11-9-19)15-5-2-1-3-6-15/h15-16H,1-14H2,(H,18,21). The highest BCUT2D eigenvalue weighted by atomic mass is 16.5. The van der Waals surface area contributed by atoms with Crippen LogP contribution in [0.15, 0.2) is 0 Å². The maximum Gasteiger partial charge on any atom is 0.234 e. The van der Waals surface area contributed by atoms with Crippen molar-refractivity contribution in [2.75, 3.05) is 45.9 Å². The third-order valence-corrected chi connectivity index (χ3v) is 5.42. The maximum absolute atomic E-state index is 12.0. The lowest BCUT2D eigenvalue weighted by Gasteiger charge is -2.40. The maximum atomic E-state index is 12.0. The first kappa shape index (κ1) is 16.2. The van der Waals surface area contributed by atoms with Crippen molar-refractivity contribution in [2.45, 2.75) is 57.1 Å². The van der Waals surface area contributed by atoms with Crippen molar-refractivity contribution in [3.8, 4) is 0 Å². The summed E-state index contributed by atoms with van der Waals surface area (Å²) in [5.41, 5.74) is 0. The van der Waals surface area contributed by atoms with Gasteiger partial charge < -0.3 is 10.1 Å². The third-order valence-electron chi connectivity index (χ3n) is 5.42. The molecule has 0 spiro atoms. The number of nitrogens with zero attached hydrogens (tertiary/aromatic N) is 2. The summed E-state index contributed by atoms with van der Waals surface area (Å²) >= 11 is 0. The molecule has 1 N–H and O–H groups in total. The Morgan fingerprint density at radius 2 is 1.77 bits per heavy atom. The summed E-state index contributed by atoms with van der Waals surface area (Å²) in [6.45, 7) is 6.40. The van der Waals surface area contributed by atoms with Gasteiger partial charge >= 0.3 is 0 Å². The van der Waals surface area contributed by atoms with Crippen LogP contribution in [-0.4, -0.2) is 73.7 Å². The van der Waals surface area contributed by atoms with Gasteiger partial charge in [-0.15, -0.1) is 0 Å². The van der Waals surface area contributed by atoms with E-state index in [1.54, 1.807) is 0 Å². The molecule has 5 heteroatoms. The van der Waals surface area contributed by atoms with Crippen molar-refractivity contribution in [1.82, 2.24) is 15.1 Å². The summed E-state index contributed by atoms with van der Waals surface area (Å²) in [4.78, 5) is 17.0. The number of carbonyl (C=O) groups is 1. The van der Waals surface area contributed by atoms with E-state index in [4.69, 9.17) is 4.74 Å². The summed E-state index contributed by atoms with van der Waals surface area (Å²) < 4.78 is 5.54. The molecule has 0 aromatic carbocycles. The van der Waals surface area contributed by atoms with Gasteiger partial charge in [-0.2, -0.15) is 0 Å². The Morgan fingerprint density at radius 1 is 1.00 bits per heavy atom. The van der Waals surface area contributed by atoms with Crippen LogP contribution in [0, 0.1) is 0 Å². The first-order valence-corrected chi connectivity index (χ1v) is 9.16. The molecule has 0 bridgehead atoms. The quantitative estimate of drug-likeness (QED) is 0.830. The van der Waals surface area contributed by atoms with E-state index >= 15 is 0 Å². The van der Waals surface area contributed by atoms with Crippen LogP contribution < -0.4 is 5.32 Å². The Bertz CT molecular complexity index is 344. The predicted octanol–water partition coefficient (Wildman–Crippen LogP) is 1.23. The highest BCUT2D eigenvalue weighted by Crippen LogP contribution is 2.23. The fourth-order valence-corrected chi connectivity index (χ4v) is 4.02. The number of ether oxygens (including phenoxy) is 1. The molecule has 0 aromatic heterocycles. The van der Waals surface area contributed by atoms with Gasteiger partial charge in [-0.1, -0.05) is 19.3 Å². The SMILES string of the molecule is O=C(CN1CCN(C2CCCCC2)CC1)NCC1CCCO1. The Balaban J connectivity index is 1.31. The predicted molar refractivity (Wildman–Crippen MR) is 86.9 cm³/mol. The highest BCUT2D eigenvalue weighted by Gasteiger charge is 2.26. The van der Waals surface area contributed by atoms with Gasteiger partial charge in [0.1, 0.15) is 0 Å². The van der Waals surface area contributed by atoms with Gasteiger partial charge in [0, 0.05) is 45.4 Å². The molecule has 3 fully saturated rings. The largest absolute Gasteiger partial charge is 0.376 e. The van der Waals surface area contributed by atoms with Crippen LogP contribution in [0.4, 0.5) is 0 Å². The van der Waals surface area contributed by atoms with Crippen molar-refractivity contribution < 1.29 is 9.53 Å². The first-order chi connectivity index (χ1) is 10.8. The molecule has 3 rings (SSSR count). The molecule has 2 heterocycles. The number of hydrogen-bond donors (Lipinski definition) is 1. The number of hydrogen-bond acceptors (Lipinski definition) is 4. The van der Waals surface area contributed by atoms with E-state index in [2.05, 4.69) is 15.1 Å². The van der Waals surface area contributed by atoms with Crippen molar-refractivity contribution >= 4 is 5.91 Å². The van der Waals surface area contributed by atoms with E-state index in [-0.39, 0.29) is 12.0 Å². The van der Waals surface area contributed by atoms with Crippen LogP contribution in [0.25, 0.3) is 0 Å². The summed E-state index contributed by atoms with van der Waals surface area (Å²) in [5, 5.41) is 3.03. The molecule has 1 atom stereocenters. The molecule has 3 aliphatic rings. The van der Waals surface area contributed by atoms with E-state index in [0.29, 0.717) is 13.1 Å². The van der Waals surface area contributed by atoms with Crippen LogP contribution in [-0.2, 0) is 9.53 Å². The zero-order valence-electron chi connectivity index (χ0n) is 13.8. The minimum atomic E-state index is 0.154. The van der Waals surface area contributed by atoms with E-state index in [1.165, 1.54) is 32.1 Å². The van der Waals surface area contributed by atoms with Crippen LogP contribution in [0.1, 0.15) is 44.9 Å². The molecule has 5 nitrogen and oxygen atoms in total. The molecule has 126 valence electrons. The first-order valence-electron chi connectivity index (χ1n) is 9.16. The Labute approximate surface area is 134 Å². The van der Waals surface area contributed by atoms with Crippen molar-refractivity contribution in [3.63, 3.8) is 0 Å². The summed E-state index contributed by atoms with van der Waals surface area (Å²) in [7, 11) is 0. The fourth-order valence-electron chi connectivity index (χ4n) is 4.02. The number of carbonyl (C=O) groups excluding carboxylic acids is 1. The lowest BCUT2D eigenvalue weighted by molar-refractivity contribution is -0.123. The Kier molecular flexibility index (Phi) is 6.10. The van der Waals surface area contributed by atoms with Crippen molar-refractivity contribution in [2.24, 2.45) is 0 Å². The van der Waals surface area contributed by atoms with Gasteiger partial charge in [0.15, 0.2) is 0 Å².